The van der Waals surface area contributed by atoms with Crippen molar-refractivity contribution >= 4 is 11.8 Å². The summed E-state index contributed by atoms with van der Waals surface area (Å²) in [5.74, 6) is 0.495. The zero-order chi connectivity index (χ0) is 12.7. The average molecular weight is 265 g/mol. The number of nitrogens with one attached hydrogen (secondary N) is 1. The maximum absolute atomic E-state index is 11.8. The summed E-state index contributed by atoms with van der Waals surface area (Å²) < 4.78 is 40.7. The molecule has 0 unspecified atom stereocenters. The molecule has 0 aromatic heterocycles. The number of benzene rings is 1. The summed E-state index contributed by atoms with van der Waals surface area (Å²) in [5, 5.41) is 3.00. The van der Waals surface area contributed by atoms with Gasteiger partial charge in [0.2, 0.25) is 0 Å². The third kappa shape index (κ3) is 6.43. The molecule has 0 saturated heterocycles. The van der Waals surface area contributed by atoms with Crippen molar-refractivity contribution in [1.82, 2.24) is 5.32 Å². The molecule has 0 fully saturated rings. The van der Waals surface area contributed by atoms with Crippen LogP contribution in [-0.4, -0.2) is 24.9 Å². The molecule has 2 nitrogen and oxygen atoms in total. The summed E-state index contributed by atoms with van der Waals surface area (Å²) in [6.07, 6.45) is 0. The van der Waals surface area contributed by atoms with Crippen LogP contribution in [0.4, 0.5) is 13.2 Å². The normalized spacial score (nSPS) is 11.5. The summed E-state index contributed by atoms with van der Waals surface area (Å²) in [6, 6.07) is 7.27. The van der Waals surface area contributed by atoms with E-state index in [-0.39, 0.29) is 24.1 Å². The zero-order valence-electron chi connectivity index (χ0n) is 9.38. The van der Waals surface area contributed by atoms with E-state index in [1.54, 1.807) is 12.1 Å². The lowest BCUT2D eigenvalue weighted by molar-refractivity contribution is -0.0329. The number of hydrogen-bond donors (Lipinski definition) is 1. The molecule has 1 aromatic carbocycles. The second kappa shape index (κ2) is 6.76. The molecule has 0 atom stereocenters. The van der Waals surface area contributed by atoms with Crippen LogP contribution in [0.2, 0.25) is 0 Å². The van der Waals surface area contributed by atoms with E-state index in [1.165, 1.54) is 0 Å². The van der Waals surface area contributed by atoms with Gasteiger partial charge in [0.05, 0.1) is 6.61 Å². The zero-order valence-corrected chi connectivity index (χ0v) is 10.2. The maximum Gasteiger partial charge on any atom is 0.441 e. The van der Waals surface area contributed by atoms with Gasteiger partial charge in [-0.15, -0.1) is 0 Å². The molecular weight excluding hydrogens is 251 g/mol. The van der Waals surface area contributed by atoms with Gasteiger partial charge in [0.15, 0.2) is 0 Å². The molecule has 0 spiro atoms. The van der Waals surface area contributed by atoms with Gasteiger partial charge in [-0.25, -0.2) is 0 Å². The van der Waals surface area contributed by atoms with E-state index in [0.717, 1.165) is 12.1 Å². The number of hydrogen-bond acceptors (Lipinski definition) is 3. The molecular formula is C11H14F3NOS. The first kappa shape index (κ1) is 14.2. The molecule has 0 radical (unpaired) electrons. The van der Waals surface area contributed by atoms with E-state index in [2.05, 4.69) is 5.32 Å². The number of alkyl halides is 3. The summed E-state index contributed by atoms with van der Waals surface area (Å²) in [5.41, 5.74) is -3.08. The summed E-state index contributed by atoms with van der Waals surface area (Å²) in [7, 11) is 1.85. The van der Waals surface area contributed by atoms with Gasteiger partial charge in [0, 0.05) is 12.3 Å². The van der Waals surface area contributed by atoms with Crippen LogP contribution < -0.4 is 10.1 Å². The minimum absolute atomic E-state index is 0.0511. The van der Waals surface area contributed by atoms with Crippen LogP contribution in [-0.2, 0) is 6.54 Å². The van der Waals surface area contributed by atoms with Crippen LogP contribution in [0.15, 0.2) is 24.3 Å². The van der Waals surface area contributed by atoms with Crippen LogP contribution >= 0.6 is 11.8 Å². The molecule has 0 amide bonds. The van der Waals surface area contributed by atoms with Crippen molar-refractivity contribution in [1.29, 1.82) is 0 Å². The third-order valence-electron chi connectivity index (χ3n) is 1.92. The Labute approximate surface area is 103 Å². The van der Waals surface area contributed by atoms with Gasteiger partial charge in [0.25, 0.3) is 0 Å². The first-order valence-electron chi connectivity index (χ1n) is 5.08. The average Bonchev–Trinajstić information content (AvgIpc) is 2.26. The van der Waals surface area contributed by atoms with Gasteiger partial charge in [-0.3, -0.25) is 0 Å². The Morgan fingerprint density at radius 2 is 1.88 bits per heavy atom. The fraction of sp³-hybridized carbons (Fsp3) is 0.455. The molecule has 1 rings (SSSR count). The molecule has 0 saturated carbocycles. The minimum atomic E-state index is -4.18. The SMILES string of the molecule is CNCc1ccc(OCCSC(F)(F)F)cc1. The molecule has 17 heavy (non-hydrogen) atoms. The highest BCUT2D eigenvalue weighted by atomic mass is 32.2. The topological polar surface area (TPSA) is 21.3 Å². The Morgan fingerprint density at radius 3 is 2.41 bits per heavy atom. The third-order valence-corrected chi connectivity index (χ3v) is 2.62. The van der Waals surface area contributed by atoms with Crippen molar-refractivity contribution < 1.29 is 17.9 Å². The van der Waals surface area contributed by atoms with E-state index in [1.807, 2.05) is 19.2 Å². The number of rotatable bonds is 6. The van der Waals surface area contributed by atoms with E-state index in [4.69, 9.17) is 4.74 Å². The molecule has 0 aliphatic rings. The van der Waals surface area contributed by atoms with Gasteiger partial charge in [-0.1, -0.05) is 12.1 Å². The molecule has 0 aliphatic carbocycles. The van der Waals surface area contributed by atoms with Gasteiger partial charge < -0.3 is 10.1 Å². The predicted octanol–water partition coefficient (Wildman–Crippen LogP) is 3.04. The van der Waals surface area contributed by atoms with Gasteiger partial charge in [0.1, 0.15) is 5.75 Å². The van der Waals surface area contributed by atoms with E-state index >= 15 is 0 Å². The van der Waals surface area contributed by atoms with Gasteiger partial charge in [-0.05, 0) is 36.5 Å². The highest BCUT2D eigenvalue weighted by molar-refractivity contribution is 8.00. The van der Waals surface area contributed by atoms with Crippen molar-refractivity contribution in [3.05, 3.63) is 29.8 Å². The predicted molar refractivity (Wildman–Crippen MR) is 63.2 cm³/mol. The van der Waals surface area contributed by atoms with E-state index < -0.39 is 5.51 Å². The molecule has 0 bridgehead atoms. The van der Waals surface area contributed by atoms with Crippen molar-refractivity contribution in [2.45, 2.75) is 12.1 Å². The Bertz CT molecular complexity index is 326. The molecule has 1 aromatic rings. The van der Waals surface area contributed by atoms with Crippen LogP contribution in [0.1, 0.15) is 5.56 Å². The lowest BCUT2D eigenvalue weighted by atomic mass is 10.2. The van der Waals surface area contributed by atoms with Crippen molar-refractivity contribution in [2.24, 2.45) is 0 Å². The molecule has 6 heteroatoms. The lowest BCUT2D eigenvalue weighted by Crippen LogP contribution is -2.07. The van der Waals surface area contributed by atoms with E-state index in [9.17, 15) is 13.2 Å². The van der Waals surface area contributed by atoms with Crippen LogP contribution in [0.25, 0.3) is 0 Å². The first-order chi connectivity index (χ1) is 8.01. The number of ether oxygens (including phenoxy) is 1. The highest BCUT2D eigenvalue weighted by Gasteiger charge is 2.27. The molecule has 0 aliphatic heterocycles. The van der Waals surface area contributed by atoms with Crippen LogP contribution in [0.5, 0.6) is 5.75 Å². The van der Waals surface area contributed by atoms with Crippen LogP contribution in [0, 0.1) is 0 Å². The van der Waals surface area contributed by atoms with Crippen molar-refractivity contribution in [3.8, 4) is 5.75 Å². The van der Waals surface area contributed by atoms with Crippen molar-refractivity contribution in [2.75, 3.05) is 19.4 Å². The summed E-state index contributed by atoms with van der Waals surface area (Å²) >= 11 is -0.0709. The highest BCUT2D eigenvalue weighted by Crippen LogP contribution is 2.29. The number of halogens is 3. The standard InChI is InChI=1S/C11H14F3NOS/c1-15-8-9-2-4-10(5-3-9)16-6-7-17-11(12,13)14/h2-5,15H,6-8H2,1H3. The Kier molecular flexibility index (Phi) is 5.64. The molecule has 1 N–H and O–H groups in total. The molecule has 96 valence electrons. The Morgan fingerprint density at radius 1 is 1.24 bits per heavy atom. The lowest BCUT2D eigenvalue weighted by Gasteiger charge is -2.08. The number of thioether (sulfide) groups is 1. The minimum Gasteiger partial charge on any atom is -0.493 e. The van der Waals surface area contributed by atoms with Crippen LogP contribution in [0.3, 0.4) is 0 Å². The Balaban J connectivity index is 2.27. The fourth-order valence-electron chi connectivity index (χ4n) is 1.22. The largest absolute Gasteiger partial charge is 0.493 e. The fourth-order valence-corrected chi connectivity index (χ4v) is 1.62. The quantitative estimate of drug-likeness (QED) is 0.799. The monoisotopic (exact) mass is 265 g/mol. The molecule has 0 heterocycles. The van der Waals surface area contributed by atoms with Gasteiger partial charge in [-0.2, -0.15) is 13.2 Å². The Hall–Kier alpha value is -0.880. The van der Waals surface area contributed by atoms with E-state index in [0.29, 0.717) is 5.75 Å². The summed E-state index contributed by atoms with van der Waals surface area (Å²) in [4.78, 5) is 0. The second-order valence-corrected chi connectivity index (χ2v) is 4.48. The van der Waals surface area contributed by atoms with Crippen molar-refractivity contribution in [3.63, 3.8) is 0 Å². The first-order valence-corrected chi connectivity index (χ1v) is 6.07. The second-order valence-electron chi connectivity index (χ2n) is 3.32. The summed E-state index contributed by atoms with van der Waals surface area (Å²) in [6.45, 7) is 0.805. The smallest absolute Gasteiger partial charge is 0.441 e. The van der Waals surface area contributed by atoms with Gasteiger partial charge >= 0.3 is 5.51 Å². The maximum atomic E-state index is 11.8.